The third-order valence-corrected chi connectivity index (χ3v) is 2.36. The molecule has 2 rings (SSSR count). The molecule has 1 fully saturated rings. The van der Waals surface area contributed by atoms with Crippen molar-refractivity contribution in [3.63, 3.8) is 0 Å². The van der Waals surface area contributed by atoms with Crippen LogP contribution in [0.15, 0.2) is 12.0 Å². The highest BCUT2D eigenvalue weighted by Crippen LogP contribution is 2.13. The first-order chi connectivity index (χ1) is 5.95. The van der Waals surface area contributed by atoms with Crippen molar-refractivity contribution in [2.45, 2.75) is 19.3 Å². The average molecular weight is 169 g/mol. The highest BCUT2D eigenvalue weighted by atomic mass is 16.7. The van der Waals surface area contributed by atoms with Gasteiger partial charge in [0.05, 0.1) is 6.54 Å². The van der Waals surface area contributed by atoms with E-state index < -0.39 is 0 Å². The quantitative estimate of drug-likeness (QED) is 0.622. The monoisotopic (exact) mass is 169 g/mol. The number of likely N-dealkylation sites (tertiary alicyclic amines) is 1. The molecule has 2 heterocycles. The van der Waals surface area contributed by atoms with E-state index in [1.807, 2.05) is 0 Å². The molecule has 0 aliphatic carbocycles. The Bertz CT molecular complexity index is 173. The van der Waals surface area contributed by atoms with E-state index in [1.165, 1.54) is 32.4 Å². The van der Waals surface area contributed by atoms with Gasteiger partial charge in [-0.25, -0.2) is 0 Å². The van der Waals surface area contributed by atoms with E-state index in [-0.39, 0.29) is 0 Å². The summed E-state index contributed by atoms with van der Waals surface area (Å²) in [4.78, 5) is 2.42. The predicted molar refractivity (Wildman–Crippen MR) is 45.4 cm³/mol. The van der Waals surface area contributed by atoms with Crippen molar-refractivity contribution in [3.05, 3.63) is 12.0 Å². The van der Waals surface area contributed by atoms with Crippen LogP contribution in [-0.2, 0) is 9.47 Å². The first-order valence-electron chi connectivity index (χ1n) is 4.61. The Morgan fingerprint density at radius 2 is 2.08 bits per heavy atom. The van der Waals surface area contributed by atoms with Gasteiger partial charge in [0.1, 0.15) is 12.0 Å². The molecule has 0 N–H and O–H groups in total. The van der Waals surface area contributed by atoms with Crippen LogP contribution in [0, 0.1) is 0 Å². The number of hydrogen-bond donors (Lipinski definition) is 0. The van der Waals surface area contributed by atoms with Crippen molar-refractivity contribution < 1.29 is 9.47 Å². The molecule has 0 spiro atoms. The largest absolute Gasteiger partial charge is 0.462 e. The maximum atomic E-state index is 5.25. The maximum absolute atomic E-state index is 5.25. The minimum atomic E-state index is 0.406. The topological polar surface area (TPSA) is 21.7 Å². The summed E-state index contributed by atoms with van der Waals surface area (Å²) >= 11 is 0. The molecule has 0 aromatic rings. The van der Waals surface area contributed by atoms with Crippen molar-refractivity contribution in [1.29, 1.82) is 0 Å². The van der Waals surface area contributed by atoms with Crippen molar-refractivity contribution in [2.24, 2.45) is 0 Å². The van der Waals surface area contributed by atoms with E-state index >= 15 is 0 Å². The van der Waals surface area contributed by atoms with Gasteiger partial charge in [0.2, 0.25) is 6.79 Å². The molecule has 0 saturated carbocycles. The SMILES string of the molecule is C1=C(CN2CCCCC2)OCO1. The Morgan fingerprint density at radius 3 is 2.75 bits per heavy atom. The van der Waals surface area contributed by atoms with Crippen LogP contribution in [0.1, 0.15) is 19.3 Å². The summed E-state index contributed by atoms with van der Waals surface area (Å²) < 4.78 is 10.2. The zero-order valence-corrected chi connectivity index (χ0v) is 7.29. The third kappa shape index (κ3) is 1.91. The molecule has 0 atom stereocenters. The van der Waals surface area contributed by atoms with E-state index in [0.29, 0.717) is 6.79 Å². The highest BCUT2D eigenvalue weighted by Gasteiger charge is 2.14. The zero-order chi connectivity index (χ0) is 8.23. The minimum absolute atomic E-state index is 0.406. The van der Waals surface area contributed by atoms with Crippen molar-refractivity contribution in [2.75, 3.05) is 26.4 Å². The molecule has 0 aromatic carbocycles. The normalized spacial score (nSPS) is 24.5. The minimum Gasteiger partial charge on any atom is -0.462 e. The standard InChI is InChI=1S/C9H15NO2/c1-2-4-10(5-3-1)6-9-7-11-8-12-9/h7H,1-6,8H2. The van der Waals surface area contributed by atoms with Crippen LogP contribution in [0.5, 0.6) is 0 Å². The number of hydrogen-bond acceptors (Lipinski definition) is 3. The van der Waals surface area contributed by atoms with Crippen LogP contribution in [0.2, 0.25) is 0 Å². The van der Waals surface area contributed by atoms with Gasteiger partial charge in [-0.2, -0.15) is 0 Å². The average Bonchev–Trinajstić information content (AvgIpc) is 2.59. The molecule has 0 amide bonds. The fraction of sp³-hybridized carbons (Fsp3) is 0.778. The van der Waals surface area contributed by atoms with Gasteiger partial charge < -0.3 is 9.47 Å². The molecular formula is C9H15NO2. The summed E-state index contributed by atoms with van der Waals surface area (Å²) in [5.74, 6) is 0.983. The summed E-state index contributed by atoms with van der Waals surface area (Å²) in [6, 6.07) is 0. The Kier molecular flexibility index (Phi) is 2.51. The second-order valence-corrected chi connectivity index (χ2v) is 3.35. The molecule has 3 nitrogen and oxygen atoms in total. The first kappa shape index (κ1) is 7.92. The van der Waals surface area contributed by atoms with E-state index in [9.17, 15) is 0 Å². The zero-order valence-electron chi connectivity index (χ0n) is 7.29. The molecule has 1 saturated heterocycles. The Balaban J connectivity index is 1.77. The number of ether oxygens (including phenoxy) is 2. The molecule has 0 bridgehead atoms. The van der Waals surface area contributed by atoms with Gasteiger partial charge in [-0.3, -0.25) is 4.90 Å². The lowest BCUT2D eigenvalue weighted by molar-refractivity contribution is 0.0710. The summed E-state index contributed by atoms with van der Waals surface area (Å²) in [6.07, 6.45) is 5.77. The second kappa shape index (κ2) is 3.81. The first-order valence-corrected chi connectivity index (χ1v) is 4.61. The third-order valence-electron chi connectivity index (χ3n) is 2.36. The molecular weight excluding hydrogens is 154 g/mol. The molecule has 0 unspecified atom stereocenters. The number of rotatable bonds is 2. The van der Waals surface area contributed by atoms with E-state index in [0.717, 1.165) is 12.3 Å². The van der Waals surface area contributed by atoms with Gasteiger partial charge in [-0.15, -0.1) is 0 Å². The van der Waals surface area contributed by atoms with E-state index in [4.69, 9.17) is 9.47 Å². The lowest BCUT2D eigenvalue weighted by atomic mass is 10.1. The number of nitrogens with zero attached hydrogens (tertiary/aromatic N) is 1. The van der Waals surface area contributed by atoms with Crippen LogP contribution >= 0.6 is 0 Å². The summed E-state index contributed by atoms with van der Waals surface area (Å²) in [5, 5.41) is 0. The van der Waals surface area contributed by atoms with Gasteiger partial charge in [-0.1, -0.05) is 6.42 Å². The van der Waals surface area contributed by atoms with Crippen molar-refractivity contribution >= 4 is 0 Å². The van der Waals surface area contributed by atoms with Gasteiger partial charge in [0, 0.05) is 0 Å². The summed E-state index contributed by atoms with van der Waals surface area (Å²) in [6.45, 7) is 3.75. The summed E-state index contributed by atoms with van der Waals surface area (Å²) in [7, 11) is 0. The lowest BCUT2D eigenvalue weighted by Gasteiger charge is -2.25. The molecule has 2 aliphatic rings. The Morgan fingerprint density at radius 1 is 1.25 bits per heavy atom. The van der Waals surface area contributed by atoms with Crippen LogP contribution in [0.25, 0.3) is 0 Å². The van der Waals surface area contributed by atoms with Crippen LogP contribution in [0.4, 0.5) is 0 Å². The fourth-order valence-corrected chi connectivity index (χ4v) is 1.69. The predicted octanol–water partition coefficient (Wildman–Crippen LogP) is 1.32. The molecule has 0 aromatic heterocycles. The van der Waals surface area contributed by atoms with Gasteiger partial charge >= 0.3 is 0 Å². The smallest absolute Gasteiger partial charge is 0.229 e. The van der Waals surface area contributed by atoms with Crippen LogP contribution < -0.4 is 0 Å². The molecule has 0 radical (unpaired) electrons. The van der Waals surface area contributed by atoms with E-state index in [1.54, 1.807) is 6.26 Å². The maximum Gasteiger partial charge on any atom is 0.229 e. The molecule has 3 heteroatoms. The van der Waals surface area contributed by atoms with Gasteiger partial charge in [0.15, 0.2) is 0 Å². The fourth-order valence-electron chi connectivity index (χ4n) is 1.69. The Hall–Kier alpha value is -0.700. The molecule has 2 aliphatic heterocycles. The second-order valence-electron chi connectivity index (χ2n) is 3.35. The lowest BCUT2D eigenvalue weighted by Crippen LogP contribution is -2.31. The van der Waals surface area contributed by atoms with Gasteiger partial charge in [0.25, 0.3) is 0 Å². The van der Waals surface area contributed by atoms with E-state index in [2.05, 4.69) is 4.90 Å². The van der Waals surface area contributed by atoms with Gasteiger partial charge in [-0.05, 0) is 25.9 Å². The Labute approximate surface area is 72.9 Å². The van der Waals surface area contributed by atoms with Crippen molar-refractivity contribution in [3.8, 4) is 0 Å². The number of piperidine rings is 1. The van der Waals surface area contributed by atoms with Crippen LogP contribution in [0.3, 0.4) is 0 Å². The summed E-state index contributed by atoms with van der Waals surface area (Å²) in [5.41, 5.74) is 0. The van der Waals surface area contributed by atoms with Crippen LogP contribution in [-0.4, -0.2) is 31.3 Å². The highest BCUT2D eigenvalue weighted by molar-refractivity contribution is 4.94. The molecule has 68 valence electrons. The van der Waals surface area contributed by atoms with Crippen molar-refractivity contribution in [1.82, 2.24) is 4.90 Å². The molecule has 12 heavy (non-hydrogen) atoms.